The first kappa shape index (κ1) is 22.7. The van der Waals surface area contributed by atoms with Gasteiger partial charge in [0, 0.05) is 37.0 Å². The smallest absolute Gasteiger partial charge is 0.225 e. The number of carbonyl (C=O) groups is 1. The zero-order chi connectivity index (χ0) is 22.6. The highest BCUT2D eigenvalue weighted by molar-refractivity contribution is 5.81. The van der Waals surface area contributed by atoms with Crippen LogP contribution in [0.2, 0.25) is 0 Å². The molecule has 0 aromatic heterocycles. The van der Waals surface area contributed by atoms with Crippen LogP contribution in [0.3, 0.4) is 0 Å². The number of likely N-dealkylation sites (tertiary alicyclic amines) is 1. The summed E-state index contributed by atoms with van der Waals surface area (Å²) in [5, 5.41) is 6.94. The van der Waals surface area contributed by atoms with Crippen molar-refractivity contribution in [3.63, 3.8) is 0 Å². The lowest BCUT2D eigenvalue weighted by molar-refractivity contribution is -0.134. The minimum absolute atomic E-state index is 0.154. The summed E-state index contributed by atoms with van der Waals surface area (Å²) < 4.78 is 11.4. The van der Waals surface area contributed by atoms with Crippen LogP contribution in [-0.2, 0) is 10.2 Å². The number of fused-ring (bicyclic) bond motifs is 1. The summed E-state index contributed by atoms with van der Waals surface area (Å²) in [6, 6.07) is 6.42. The highest BCUT2D eigenvalue weighted by Crippen LogP contribution is 2.35. The van der Waals surface area contributed by atoms with Gasteiger partial charge in [0.2, 0.25) is 5.91 Å². The van der Waals surface area contributed by atoms with Crippen LogP contribution in [0.4, 0.5) is 0 Å². The van der Waals surface area contributed by atoms with Crippen molar-refractivity contribution >= 4 is 11.9 Å². The molecule has 176 valence electrons. The Kier molecular flexibility index (Phi) is 7.11. The minimum Gasteiger partial charge on any atom is -0.486 e. The van der Waals surface area contributed by atoms with Gasteiger partial charge in [-0.1, -0.05) is 32.8 Å². The molecule has 1 aliphatic carbocycles. The molecule has 0 radical (unpaired) electrons. The molecule has 0 spiro atoms. The van der Waals surface area contributed by atoms with Crippen LogP contribution in [0.15, 0.2) is 23.2 Å². The molecule has 1 amide bonds. The standard InChI is InChI=1S/C25H38N4O3/c1-4-26-24(28-20-11-12-29(16-20)23(30)18-7-5-6-8-18)27-17-25(2,3)19-9-10-21-22(15-19)32-14-13-31-21/h9-10,15,18,20H,4-8,11-14,16-17H2,1-3H3,(H2,26,27,28). The first-order valence-corrected chi connectivity index (χ1v) is 12.2. The van der Waals surface area contributed by atoms with Crippen LogP contribution < -0.4 is 20.1 Å². The van der Waals surface area contributed by atoms with E-state index in [-0.39, 0.29) is 17.4 Å². The molecule has 1 saturated heterocycles. The van der Waals surface area contributed by atoms with Gasteiger partial charge in [-0.25, -0.2) is 0 Å². The van der Waals surface area contributed by atoms with Crippen molar-refractivity contribution < 1.29 is 14.3 Å². The van der Waals surface area contributed by atoms with Gasteiger partial charge in [0.25, 0.3) is 0 Å². The SMILES string of the molecule is CCNC(=NCC(C)(C)c1ccc2c(c1)OCCO2)NC1CCN(C(=O)C2CCCC2)C1. The summed E-state index contributed by atoms with van der Waals surface area (Å²) in [5.74, 6) is 3.05. The fourth-order valence-electron chi connectivity index (χ4n) is 4.85. The van der Waals surface area contributed by atoms with E-state index in [0.717, 1.165) is 56.4 Å². The molecule has 0 bridgehead atoms. The molecule has 3 aliphatic rings. The normalized spacial score (nSPS) is 21.7. The van der Waals surface area contributed by atoms with Crippen molar-refractivity contribution in [2.24, 2.45) is 10.9 Å². The number of nitrogens with one attached hydrogen (secondary N) is 2. The third-order valence-corrected chi connectivity index (χ3v) is 6.85. The maximum atomic E-state index is 12.8. The number of carbonyl (C=O) groups excluding carboxylic acids is 1. The molecule has 2 aliphatic heterocycles. The third-order valence-electron chi connectivity index (χ3n) is 6.85. The second-order valence-corrected chi connectivity index (χ2v) is 9.83. The van der Waals surface area contributed by atoms with Gasteiger partial charge in [0.15, 0.2) is 17.5 Å². The van der Waals surface area contributed by atoms with Gasteiger partial charge in [-0.05, 0) is 43.9 Å². The molecular weight excluding hydrogens is 404 g/mol. The second kappa shape index (κ2) is 10.0. The number of amides is 1. The van der Waals surface area contributed by atoms with Crippen LogP contribution in [-0.4, -0.2) is 62.2 Å². The monoisotopic (exact) mass is 442 g/mol. The van der Waals surface area contributed by atoms with Gasteiger partial charge in [-0.15, -0.1) is 0 Å². The molecule has 1 atom stereocenters. The summed E-state index contributed by atoms with van der Waals surface area (Å²) in [7, 11) is 0. The van der Waals surface area contributed by atoms with E-state index in [0.29, 0.717) is 25.7 Å². The average Bonchev–Trinajstić information content (AvgIpc) is 3.49. The lowest BCUT2D eigenvalue weighted by Gasteiger charge is -2.27. The molecule has 2 fully saturated rings. The fourth-order valence-corrected chi connectivity index (χ4v) is 4.85. The van der Waals surface area contributed by atoms with E-state index in [4.69, 9.17) is 14.5 Å². The molecule has 2 N–H and O–H groups in total. The largest absolute Gasteiger partial charge is 0.486 e. The first-order chi connectivity index (χ1) is 15.5. The Hall–Kier alpha value is -2.44. The van der Waals surface area contributed by atoms with E-state index in [9.17, 15) is 4.79 Å². The lowest BCUT2D eigenvalue weighted by atomic mass is 9.84. The van der Waals surface area contributed by atoms with E-state index >= 15 is 0 Å². The van der Waals surface area contributed by atoms with E-state index < -0.39 is 0 Å². The molecule has 32 heavy (non-hydrogen) atoms. The number of hydrogen-bond acceptors (Lipinski definition) is 4. The Morgan fingerprint density at radius 1 is 1.16 bits per heavy atom. The highest BCUT2D eigenvalue weighted by atomic mass is 16.6. The number of rotatable bonds is 6. The maximum absolute atomic E-state index is 12.8. The Balaban J connectivity index is 1.37. The number of hydrogen-bond donors (Lipinski definition) is 2. The molecule has 1 aromatic rings. The number of guanidine groups is 1. The van der Waals surface area contributed by atoms with Gasteiger partial charge in [-0.2, -0.15) is 0 Å². The van der Waals surface area contributed by atoms with Gasteiger partial charge < -0.3 is 25.0 Å². The van der Waals surface area contributed by atoms with Crippen molar-refractivity contribution in [1.29, 1.82) is 0 Å². The van der Waals surface area contributed by atoms with Crippen LogP contribution >= 0.6 is 0 Å². The maximum Gasteiger partial charge on any atom is 0.225 e. The van der Waals surface area contributed by atoms with Crippen molar-refractivity contribution in [2.75, 3.05) is 39.4 Å². The van der Waals surface area contributed by atoms with Gasteiger partial charge in [0.05, 0.1) is 6.54 Å². The van der Waals surface area contributed by atoms with E-state index in [1.54, 1.807) is 0 Å². The summed E-state index contributed by atoms with van der Waals surface area (Å²) in [5.41, 5.74) is 1.02. The predicted octanol–water partition coefficient (Wildman–Crippen LogP) is 3.08. The van der Waals surface area contributed by atoms with E-state index in [1.807, 2.05) is 6.07 Å². The zero-order valence-corrected chi connectivity index (χ0v) is 19.8. The minimum atomic E-state index is -0.154. The Morgan fingerprint density at radius 2 is 1.91 bits per heavy atom. The first-order valence-electron chi connectivity index (χ1n) is 12.2. The van der Waals surface area contributed by atoms with Crippen LogP contribution in [0.1, 0.15) is 58.4 Å². The molecule has 2 heterocycles. The quantitative estimate of drug-likeness (QED) is 0.523. The summed E-state index contributed by atoms with van der Waals surface area (Å²) in [6.45, 7) is 10.7. The van der Waals surface area contributed by atoms with Crippen molar-refractivity contribution in [2.45, 2.75) is 64.3 Å². The fraction of sp³-hybridized carbons (Fsp3) is 0.680. The third kappa shape index (κ3) is 5.30. The van der Waals surface area contributed by atoms with Crippen LogP contribution in [0.5, 0.6) is 11.5 Å². The molecule has 1 unspecified atom stereocenters. The van der Waals surface area contributed by atoms with Gasteiger partial charge in [0.1, 0.15) is 13.2 Å². The Morgan fingerprint density at radius 3 is 2.66 bits per heavy atom. The predicted molar refractivity (Wildman–Crippen MR) is 127 cm³/mol. The Labute approximate surface area is 191 Å². The van der Waals surface area contributed by atoms with Gasteiger partial charge in [-0.3, -0.25) is 9.79 Å². The molecule has 7 nitrogen and oxygen atoms in total. The zero-order valence-electron chi connectivity index (χ0n) is 19.8. The van der Waals surface area contributed by atoms with Crippen molar-refractivity contribution in [3.8, 4) is 11.5 Å². The summed E-state index contributed by atoms with van der Waals surface area (Å²) in [4.78, 5) is 19.7. The number of ether oxygens (including phenoxy) is 2. The highest BCUT2D eigenvalue weighted by Gasteiger charge is 2.32. The molecular formula is C25H38N4O3. The second-order valence-electron chi connectivity index (χ2n) is 9.83. The van der Waals surface area contributed by atoms with Crippen molar-refractivity contribution in [1.82, 2.24) is 15.5 Å². The van der Waals surface area contributed by atoms with Crippen LogP contribution in [0.25, 0.3) is 0 Å². The van der Waals surface area contributed by atoms with Crippen LogP contribution in [0, 0.1) is 5.92 Å². The number of benzene rings is 1. The number of aliphatic imine (C=N–C) groups is 1. The van der Waals surface area contributed by atoms with Gasteiger partial charge >= 0.3 is 0 Å². The van der Waals surface area contributed by atoms with E-state index in [1.165, 1.54) is 18.4 Å². The molecule has 4 rings (SSSR count). The molecule has 7 heteroatoms. The topological polar surface area (TPSA) is 75.2 Å². The van der Waals surface area contributed by atoms with Crippen molar-refractivity contribution in [3.05, 3.63) is 23.8 Å². The lowest BCUT2D eigenvalue weighted by Crippen LogP contribution is -2.46. The average molecular weight is 443 g/mol. The molecule has 1 saturated carbocycles. The molecule has 1 aromatic carbocycles. The van der Waals surface area contributed by atoms with E-state index in [2.05, 4.69) is 48.4 Å². The number of nitrogens with zero attached hydrogens (tertiary/aromatic N) is 2. The summed E-state index contributed by atoms with van der Waals surface area (Å²) >= 11 is 0. The summed E-state index contributed by atoms with van der Waals surface area (Å²) in [6.07, 6.45) is 5.48. The Bertz CT molecular complexity index is 832.